The van der Waals surface area contributed by atoms with Crippen molar-refractivity contribution in [2.45, 2.75) is 43.9 Å². The van der Waals surface area contributed by atoms with Gasteiger partial charge in [-0.2, -0.15) is 0 Å². The Morgan fingerprint density at radius 1 is 1.29 bits per heavy atom. The second-order valence-corrected chi connectivity index (χ2v) is 4.64. The molecular weight excluding hydrogens is 222 g/mol. The highest BCUT2D eigenvalue weighted by molar-refractivity contribution is 4.70. The molecule has 5 nitrogen and oxygen atoms in total. The van der Waals surface area contributed by atoms with Gasteiger partial charge in [-0.15, -0.1) is 0 Å². The molecule has 0 heterocycles. The lowest BCUT2D eigenvalue weighted by atomic mass is 10.3. The van der Waals surface area contributed by atoms with Crippen LogP contribution in [-0.4, -0.2) is 61.9 Å². The minimum absolute atomic E-state index is 0.00401. The van der Waals surface area contributed by atoms with Crippen LogP contribution in [0.5, 0.6) is 0 Å². The SMILES string of the molecule is COCC(CO)NCC(O)COC1CCCC1. The third-order valence-corrected chi connectivity index (χ3v) is 3.06. The van der Waals surface area contributed by atoms with Crippen molar-refractivity contribution in [2.24, 2.45) is 0 Å². The van der Waals surface area contributed by atoms with Crippen molar-refractivity contribution in [1.82, 2.24) is 5.32 Å². The van der Waals surface area contributed by atoms with E-state index in [0.717, 1.165) is 12.8 Å². The molecule has 1 aliphatic carbocycles. The zero-order chi connectivity index (χ0) is 12.5. The molecule has 2 unspecified atom stereocenters. The van der Waals surface area contributed by atoms with Gasteiger partial charge in [-0.05, 0) is 12.8 Å². The normalized spacial score (nSPS) is 20.6. The quantitative estimate of drug-likeness (QED) is 0.531. The van der Waals surface area contributed by atoms with E-state index in [4.69, 9.17) is 14.6 Å². The average molecular weight is 247 g/mol. The van der Waals surface area contributed by atoms with Gasteiger partial charge in [0.05, 0.1) is 38.1 Å². The molecule has 2 atom stereocenters. The van der Waals surface area contributed by atoms with Crippen molar-refractivity contribution < 1.29 is 19.7 Å². The molecule has 0 radical (unpaired) electrons. The van der Waals surface area contributed by atoms with Crippen LogP contribution in [0.2, 0.25) is 0 Å². The summed E-state index contributed by atoms with van der Waals surface area (Å²) in [6.45, 7) is 1.22. The molecule has 5 heteroatoms. The van der Waals surface area contributed by atoms with Crippen LogP contribution in [0.1, 0.15) is 25.7 Å². The fourth-order valence-corrected chi connectivity index (χ4v) is 2.04. The largest absolute Gasteiger partial charge is 0.395 e. The third kappa shape index (κ3) is 6.33. The fourth-order valence-electron chi connectivity index (χ4n) is 2.04. The number of rotatable bonds is 9. The number of methoxy groups -OCH3 is 1. The fraction of sp³-hybridized carbons (Fsp3) is 1.00. The van der Waals surface area contributed by atoms with Gasteiger partial charge in [0.1, 0.15) is 0 Å². The van der Waals surface area contributed by atoms with Gasteiger partial charge >= 0.3 is 0 Å². The van der Waals surface area contributed by atoms with Gasteiger partial charge in [0, 0.05) is 13.7 Å². The summed E-state index contributed by atoms with van der Waals surface area (Å²) in [6, 6.07) is -0.124. The second kappa shape index (κ2) is 8.83. The Morgan fingerprint density at radius 3 is 2.59 bits per heavy atom. The summed E-state index contributed by atoms with van der Waals surface area (Å²) in [4.78, 5) is 0. The maximum Gasteiger partial charge on any atom is 0.0897 e. The monoisotopic (exact) mass is 247 g/mol. The number of ether oxygens (including phenoxy) is 2. The van der Waals surface area contributed by atoms with Gasteiger partial charge in [-0.1, -0.05) is 12.8 Å². The maximum atomic E-state index is 9.71. The summed E-state index contributed by atoms with van der Waals surface area (Å²) in [5.41, 5.74) is 0. The molecule has 102 valence electrons. The Labute approximate surface area is 103 Å². The highest BCUT2D eigenvalue weighted by Gasteiger charge is 2.17. The molecule has 17 heavy (non-hydrogen) atoms. The average Bonchev–Trinajstić information content (AvgIpc) is 2.85. The van der Waals surface area contributed by atoms with Crippen LogP contribution < -0.4 is 5.32 Å². The molecule has 0 spiro atoms. The van der Waals surface area contributed by atoms with E-state index in [-0.39, 0.29) is 12.6 Å². The zero-order valence-corrected chi connectivity index (χ0v) is 10.6. The van der Waals surface area contributed by atoms with E-state index < -0.39 is 6.10 Å². The maximum absolute atomic E-state index is 9.71. The molecule has 0 aromatic heterocycles. The molecule has 3 N–H and O–H groups in total. The van der Waals surface area contributed by atoms with Crippen LogP contribution >= 0.6 is 0 Å². The number of aliphatic hydroxyl groups is 2. The van der Waals surface area contributed by atoms with Crippen LogP contribution in [0.3, 0.4) is 0 Å². The minimum atomic E-state index is -0.526. The first-order valence-corrected chi connectivity index (χ1v) is 6.39. The standard InChI is InChI=1S/C12H25NO4/c1-16-8-10(7-14)13-6-11(15)9-17-12-4-2-3-5-12/h10-15H,2-9H2,1H3. The Balaban J connectivity index is 2.04. The lowest BCUT2D eigenvalue weighted by Gasteiger charge is -2.19. The van der Waals surface area contributed by atoms with Crippen LogP contribution in [0.15, 0.2) is 0 Å². The predicted molar refractivity (Wildman–Crippen MR) is 65.0 cm³/mol. The van der Waals surface area contributed by atoms with Crippen molar-refractivity contribution in [3.8, 4) is 0 Å². The first kappa shape index (κ1) is 14.9. The van der Waals surface area contributed by atoms with Crippen LogP contribution in [0.25, 0.3) is 0 Å². The summed E-state index contributed by atoms with van der Waals surface area (Å²) < 4.78 is 10.5. The summed E-state index contributed by atoms with van der Waals surface area (Å²) >= 11 is 0. The van der Waals surface area contributed by atoms with Gasteiger partial charge in [0.15, 0.2) is 0 Å². The molecule has 1 aliphatic rings. The van der Waals surface area contributed by atoms with Crippen molar-refractivity contribution in [3.05, 3.63) is 0 Å². The number of hydrogen-bond donors (Lipinski definition) is 3. The highest BCUT2D eigenvalue weighted by Crippen LogP contribution is 2.20. The molecule has 0 aliphatic heterocycles. The predicted octanol–water partition coefficient (Wildman–Crippen LogP) is -0.0966. The molecular formula is C12H25NO4. The Kier molecular flexibility index (Phi) is 7.72. The Bertz CT molecular complexity index is 185. The van der Waals surface area contributed by atoms with E-state index in [2.05, 4.69) is 5.32 Å². The molecule has 0 aromatic rings. The molecule has 1 saturated carbocycles. The minimum Gasteiger partial charge on any atom is -0.395 e. The Morgan fingerprint density at radius 2 is 2.00 bits per heavy atom. The molecule has 0 amide bonds. The molecule has 1 rings (SSSR count). The number of hydrogen-bond acceptors (Lipinski definition) is 5. The zero-order valence-electron chi connectivity index (χ0n) is 10.6. The topological polar surface area (TPSA) is 71.0 Å². The summed E-state index contributed by atoms with van der Waals surface area (Å²) in [5.74, 6) is 0. The lowest BCUT2D eigenvalue weighted by Crippen LogP contribution is -2.42. The number of nitrogens with one attached hydrogen (secondary N) is 1. The van der Waals surface area contributed by atoms with Gasteiger partial charge < -0.3 is 25.0 Å². The van der Waals surface area contributed by atoms with Crippen LogP contribution in [-0.2, 0) is 9.47 Å². The van der Waals surface area contributed by atoms with Gasteiger partial charge in [0.2, 0.25) is 0 Å². The second-order valence-electron chi connectivity index (χ2n) is 4.64. The first-order valence-electron chi connectivity index (χ1n) is 6.39. The van der Waals surface area contributed by atoms with Gasteiger partial charge in [-0.3, -0.25) is 0 Å². The van der Waals surface area contributed by atoms with E-state index in [9.17, 15) is 5.11 Å². The number of aliphatic hydroxyl groups excluding tert-OH is 2. The van der Waals surface area contributed by atoms with Gasteiger partial charge in [0.25, 0.3) is 0 Å². The van der Waals surface area contributed by atoms with E-state index in [0.29, 0.717) is 25.9 Å². The van der Waals surface area contributed by atoms with E-state index >= 15 is 0 Å². The highest BCUT2D eigenvalue weighted by atomic mass is 16.5. The van der Waals surface area contributed by atoms with Crippen molar-refractivity contribution in [1.29, 1.82) is 0 Å². The smallest absolute Gasteiger partial charge is 0.0897 e. The molecule has 1 fully saturated rings. The van der Waals surface area contributed by atoms with Crippen molar-refractivity contribution in [2.75, 3.05) is 33.5 Å². The van der Waals surface area contributed by atoms with Crippen molar-refractivity contribution in [3.63, 3.8) is 0 Å². The van der Waals surface area contributed by atoms with Gasteiger partial charge in [-0.25, -0.2) is 0 Å². The van der Waals surface area contributed by atoms with Crippen LogP contribution in [0.4, 0.5) is 0 Å². The van der Waals surface area contributed by atoms with E-state index in [1.807, 2.05) is 0 Å². The lowest BCUT2D eigenvalue weighted by molar-refractivity contribution is -0.00799. The van der Waals surface area contributed by atoms with Crippen molar-refractivity contribution >= 4 is 0 Å². The molecule has 0 bridgehead atoms. The summed E-state index contributed by atoms with van der Waals surface area (Å²) in [5, 5.41) is 21.8. The molecule has 0 aromatic carbocycles. The molecule has 0 saturated heterocycles. The summed E-state index contributed by atoms with van der Waals surface area (Å²) in [6.07, 6.45) is 4.50. The Hall–Kier alpha value is -0.200. The summed E-state index contributed by atoms with van der Waals surface area (Å²) in [7, 11) is 1.59. The van der Waals surface area contributed by atoms with E-state index in [1.165, 1.54) is 12.8 Å². The van der Waals surface area contributed by atoms with E-state index in [1.54, 1.807) is 7.11 Å². The first-order chi connectivity index (χ1) is 8.26. The third-order valence-electron chi connectivity index (χ3n) is 3.06. The van der Waals surface area contributed by atoms with Crippen LogP contribution in [0, 0.1) is 0 Å².